The Morgan fingerprint density at radius 2 is 1.64 bits per heavy atom. The second-order valence-electron chi connectivity index (χ2n) is 5.48. The number of nitrogens with one attached hydrogen (secondary N) is 1. The van der Waals surface area contributed by atoms with Gasteiger partial charge in [-0.05, 0) is 29.3 Å². The van der Waals surface area contributed by atoms with Gasteiger partial charge in [-0.15, -0.1) is 0 Å². The number of hydrogen-bond acceptors (Lipinski definition) is 2. The van der Waals surface area contributed by atoms with E-state index in [0.717, 1.165) is 12.3 Å². The van der Waals surface area contributed by atoms with Gasteiger partial charge in [0.2, 0.25) is 0 Å². The van der Waals surface area contributed by atoms with Crippen molar-refractivity contribution in [3.05, 3.63) is 77.9 Å². The molecule has 3 aromatic rings. The summed E-state index contributed by atoms with van der Waals surface area (Å²) in [5, 5.41) is 6.09. The maximum Gasteiger partial charge on any atom is 0.123 e. The molecule has 3 rings (SSSR count). The van der Waals surface area contributed by atoms with Gasteiger partial charge in [0.1, 0.15) is 5.75 Å². The van der Waals surface area contributed by atoms with Crippen LogP contribution in [0.3, 0.4) is 0 Å². The van der Waals surface area contributed by atoms with E-state index in [1.165, 1.54) is 21.9 Å². The molecule has 0 spiro atoms. The number of benzene rings is 3. The van der Waals surface area contributed by atoms with Crippen LogP contribution >= 0.6 is 0 Å². The van der Waals surface area contributed by atoms with E-state index >= 15 is 0 Å². The van der Waals surface area contributed by atoms with E-state index in [4.69, 9.17) is 4.74 Å². The highest BCUT2D eigenvalue weighted by atomic mass is 16.5. The largest absolute Gasteiger partial charge is 0.496 e. The number of ether oxygens (including phenoxy) is 1. The topological polar surface area (TPSA) is 21.3 Å². The monoisotopic (exact) mass is 291 g/mol. The average molecular weight is 291 g/mol. The van der Waals surface area contributed by atoms with Crippen LogP contribution in [0.1, 0.15) is 24.1 Å². The zero-order chi connectivity index (χ0) is 15.4. The Labute approximate surface area is 131 Å². The molecule has 112 valence electrons. The maximum absolute atomic E-state index is 5.55. The maximum atomic E-state index is 5.55. The third-order valence-corrected chi connectivity index (χ3v) is 4.10. The van der Waals surface area contributed by atoms with Gasteiger partial charge in [0, 0.05) is 18.2 Å². The lowest BCUT2D eigenvalue weighted by Gasteiger charge is -2.17. The smallest absolute Gasteiger partial charge is 0.123 e. The highest BCUT2D eigenvalue weighted by Crippen LogP contribution is 2.28. The minimum atomic E-state index is 0.296. The predicted molar refractivity (Wildman–Crippen MR) is 92.2 cm³/mol. The summed E-state index contributed by atoms with van der Waals surface area (Å²) in [4.78, 5) is 0. The molecular formula is C20H21NO. The number of methoxy groups -OCH3 is 1. The van der Waals surface area contributed by atoms with Crippen molar-refractivity contribution >= 4 is 10.8 Å². The third-order valence-electron chi connectivity index (χ3n) is 4.10. The van der Waals surface area contributed by atoms with E-state index in [1.807, 2.05) is 12.1 Å². The zero-order valence-corrected chi connectivity index (χ0v) is 13.0. The van der Waals surface area contributed by atoms with Crippen LogP contribution in [0.2, 0.25) is 0 Å². The number of rotatable bonds is 5. The first kappa shape index (κ1) is 14.6. The van der Waals surface area contributed by atoms with E-state index in [2.05, 4.69) is 66.8 Å². The standard InChI is InChI=1S/C20H21NO/c1-15(16-8-4-3-5-9-16)21-14-19-18-11-7-6-10-17(18)12-13-20(19)22-2/h3-13,15,21H,14H2,1-2H3/t15-/m0/s1. The first-order valence-corrected chi connectivity index (χ1v) is 7.62. The summed E-state index contributed by atoms with van der Waals surface area (Å²) in [6.07, 6.45) is 0. The molecule has 0 aliphatic carbocycles. The first-order valence-electron chi connectivity index (χ1n) is 7.62. The molecule has 0 fully saturated rings. The first-order chi connectivity index (χ1) is 10.8. The number of fused-ring (bicyclic) bond motifs is 1. The quantitative estimate of drug-likeness (QED) is 0.735. The van der Waals surface area contributed by atoms with Crippen molar-refractivity contribution < 1.29 is 4.74 Å². The fourth-order valence-electron chi connectivity index (χ4n) is 2.80. The summed E-state index contributed by atoms with van der Waals surface area (Å²) in [5.41, 5.74) is 2.50. The summed E-state index contributed by atoms with van der Waals surface area (Å²) in [6, 6.07) is 23.4. The summed E-state index contributed by atoms with van der Waals surface area (Å²) < 4.78 is 5.55. The van der Waals surface area contributed by atoms with Crippen LogP contribution in [-0.4, -0.2) is 7.11 Å². The second kappa shape index (κ2) is 6.63. The Morgan fingerprint density at radius 1 is 0.909 bits per heavy atom. The van der Waals surface area contributed by atoms with E-state index in [-0.39, 0.29) is 0 Å². The van der Waals surface area contributed by atoms with E-state index in [9.17, 15) is 0 Å². The molecule has 0 amide bonds. The fraction of sp³-hybridized carbons (Fsp3) is 0.200. The van der Waals surface area contributed by atoms with Crippen molar-refractivity contribution in [2.75, 3.05) is 7.11 Å². The van der Waals surface area contributed by atoms with E-state index < -0.39 is 0 Å². The number of hydrogen-bond donors (Lipinski definition) is 1. The second-order valence-corrected chi connectivity index (χ2v) is 5.48. The Kier molecular flexibility index (Phi) is 4.40. The molecule has 0 aliphatic heterocycles. The highest BCUT2D eigenvalue weighted by Gasteiger charge is 2.10. The van der Waals surface area contributed by atoms with Crippen LogP contribution in [0.4, 0.5) is 0 Å². The molecule has 1 atom stereocenters. The molecule has 0 saturated carbocycles. The van der Waals surface area contributed by atoms with Gasteiger partial charge in [0.15, 0.2) is 0 Å². The van der Waals surface area contributed by atoms with Crippen LogP contribution < -0.4 is 10.1 Å². The van der Waals surface area contributed by atoms with Gasteiger partial charge < -0.3 is 10.1 Å². The predicted octanol–water partition coefficient (Wildman–Crippen LogP) is 4.70. The minimum Gasteiger partial charge on any atom is -0.496 e. The van der Waals surface area contributed by atoms with Crippen molar-refractivity contribution in [1.82, 2.24) is 5.32 Å². The van der Waals surface area contributed by atoms with Crippen molar-refractivity contribution in [2.24, 2.45) is 0 Å². The Bertz CT molecular complexity index is 752. The van der Waals surface area contributed by atoms with Crippen molar-refractivity contribution in [3.63, 3.8) is 0 Å². The van der Waals surface area contributed by atoms with Crippen LogP contribution in [0.25, 0.3) is 10.8 Å². The lowest BCUT2D eigenvalue weighted by molar-refractivity contribution is 0.407. The lowest BCUT2D eigenvalue weighted by atomic mass is 10.0. The van der Waals surface area contributed by atoms with Crippen LogP contribution in [0.5, 0.6) is 5.75 Å². The lowest BCUT2D eigenvalue weighted by Crippen LogP contribution is -2.18. The average Bonchev–Trinajstić information content (AvgIpc) is 2.60. The summed E-state index contributed by atoms with van der Waals surface area (Å²) >= 11 is 0. The Morgan fingerprint density at radius 3 is 2.41 bits per heavy atom. The Hall–Kier alpha value is -2.32. The van der Waals surface area contributed by atoms with Gasteiger partial charge >= 0.3 is 0 Å². The molecule has 0 heterocycles. The van der Waals surface area contributed by atoms with Crippen molar-refractivity contribution in [2.45, 2.75) is 19.5 Å². The third kappa shape index (κ3) is 2.97. The molecule has 0 aliphatic rings. The van der Waals surface area contributed by atoms with Crippen LogP contribution in [0.15, 0.2) is 66.7 Å². The molecule has 3 aromatic carbocycles. The molecule has 2 heteroatoms. The van der Waals surface area contributed by atoms with E-state index in [1.54, 1.807) is 7.11 Å². The highest BCUT2D eigenvalue weighted by molar-refractivity contribution is 5.87. The van der Waals surface area contributed by atoms with Crippen LogP contribution in [0, 0.1) is 0 Å². The van der Waals surface area contributed by atoms with E-state index in [0.29, 0.717) is 6.04 Å². The van der Waals surface area contributed by atoms with Gasteiger partial charge in [-0.1, -0.05) is 60.7 Å². The normalized spacial score (nSPS) is 12.3. The van der Waals surface area contributed by atoms with Gasteiger partial charge in [0.05, 0.1) is 7.11 Å². The molecule has 0 radical (unpaired) electrons. The van der Waals surface area contributed by atoms with Crippen LogP contribution in [-0.2, 0) is 6.54 Å². The van der Waals surface area contributed by atoms with Crippen molar-refractivity contribution in [3.8, 4) is 5.75 Å². The molecule has 0 saturated heterocycles. The summed E-state index contributed by atoms with van der Waals surface area (Å²) in [7, 11) is 1.73. The van der Waals surface area contributed by atoms with Gasteiger partial charge in [-0.3, -0.25) is 0 Å². The summed E-state index contributed by atoms with van der Waals surface area (Å²) in [6.45, 7) is 2.97. The molecule has 1 N–H and O–H groups in total. The van der Waals surface area contributed by atoms with Gasteiger partial charge in [-0.25, -0.2) is 0 Å². The fourth-order valence-corrected chi connectivity index (χ4v) is 2.80. The molecular weight excluding hydrogens is 270 g/mol. The SMILES string of the molecule is COc1ccc2ccccc2c1CN[C@@H](C)c1ccccc1. The minimum absolute atomic E-state index is 0.296. The zero-order valence-electron chi connectivity index (χ0n) is 13.0. The molecule has 22 heavy (non-hydrogen) atoms. The molecule has 0 unspecified atom stereocenters. The van der Waals surface area contributed by atoms with Crippen molar-refractivity contribution in [1.29, 1.82) is 0 Å². The summed E-state index contributed by atoms with van der Waals surface area (Å²) in [5.74, 6) is 0.937. The van der Waals surface area contributed by atoms with Gasteiger partial charge in [0.25, 0.3) is 0 Å². The molecule has 2 nitrogen and oxygen atoms in total. The molecule has 0 bridgehead atoms. The Balaban J connectivity index is 1.87. The molecule has 0 aromatic heterocycles. The van der Waals surface area contributed by atoms with Gasteiger partial charge in [-0.2, -0.15) is 0 Å².